The van der Waals surface area contributed by atoms with Gasteiger partial charge in [0.2, 0.25) is 0 Å². The van der Waals surface area contributed by atoms with Crippen molar-refractivity contribution in [3.05, 3.63) is 0 Å². The minimum absolute atomic E-state index is 0.151. The van der Waals surface area contributed by atoms with E-state index >= 15 is 0 Å². The second kappa shape index (κ2) is 6.82. The molecule has 6 N–H and O–H groups in total. The Hall–Kier alpha value is -0.980. The molecule has 0 heterocycles. The number of carbonyl (C=O) groups excluding carboxylic acids is 2. The SMILES string of the molecule is NCC1(CC(=O)OC(=O)CC(N)N)CCCCC1. The van der Waals surface area contributed by atoms with Crippen LogP contribution in [0.15, 0.2) is 0 Å². The van der Waals surface area contributed by atoms with Crippen molar-refractivity contribution in [1.29, 1.82) is 0 Å². The maximum atomic E-state index is 11.7. The van der Waals surface area contributed by atoms with Crippen LogP contribution in [0.1, 0.15) is 44.9 Å². The second-order valence-electron chi connectivity index (χ2n) is 5.16. The lowest BCUT2D eigenvalue weighted by Crippen LogP contribution is -2.37. The lowest BCUT2D eigenvalue weighted by molar-refractivity contribution is -0.161. The van der Waals surface area contributed by atoms with Crippen LogP contribution in [0.4, 0.5) is 0 Å². The first kappa shape index (κ1) is 15.1. The summed E-state index contributed by atoms with van der Waals surface area (Å²) in [6.07, 6.45) is 4.43. The molecule has 1 saturated carbocycles. The van der Waals surface area contributed by atoms with Crippen LogP contribution in [0, 0.1) is 5.41 Å². The molecule has 0 bridgehead atoms. The molecule has 0 saturated heterocycles. The third-order valence-electron chi connectivity index (χ3n) is 3.50. The molecule has 0 spiro atoms. The van der Waals surface area contributed by atoms with Crippen molar-refractivity contribution in [2.24, 2.45) is 22.6 Å². The van der Waals surface area contributed by atoms with Gasteiger partial charge in [0.25, 0.3) is 0 Å². The van der Waals surface area contributed by atoms with Crippen LogP contribution in [0.3, 0.4) is 0 Å². The predicted octanol–water partition coefficient (Wildman–Crippen LogP) is -0.0109. The van der Waals surface area contributed by atoms with Crippen LogP contribution in [-0.4, -0.2) is 24.6 Å². The molecule has 104 valence electrons. The van der Waals surface area contributed by atoms with Gasteiger partial charge in [-0.3, -0.25) is 9.59 Å². The van der Waals surface area contributed by atoms with E-state index in [1.165, 1.54) is 6.42 Å². The Morgan fingerprint density at radius 3 is 2.22 bits per heavy atom. The van der Waals surface area contributed by atoms with Crippen LogP contribution >= 0.6 is 0 Å². The van der Waals surface area contributed by atoms with E-state index in [0.29, 0.717) is 6.54 Å². The first-order valence-corrected chi connectivity index (χ1v) is 6.42. The van der Waals surface area contributed by atoms with E-state index in [-0.39, 0.29) is 18.3 Å². The van der Waals surface area contributed by atoms with Crippen molar-refractivity contribution < 1.29 is 14.3 Å². The summed E-state index contributed by atoms with van der Waals surface area (Å²) in [5.41, 5.74) is 16.1. The van der Waals surface area contributed by atoms with Gasteiger partial charge >= 0.3 is 11.9 Å². The highest BCUT2D eigenvalue weighted by molar-refractivity contribution is 5.86. The van der Waals surface area contributed by atoms with Gasteiger partial charge in [-0.2, -0.15) is 0 Å². The van der Waals surface area contributed by atoms with E-state index in [4.69, 9.17) is 21.9 Å². The highest BCUT2D eigenvalue weighted by Gasteiger charge is 2.34. The number of rotatable bonds is 5. The number of carbonyl (C=O) groups is 2. The van der Waals surface area contributed by atoms with Gasteiger partial charge in [0.1, 0.15) is 0 Å². The molecule has 18 heavy (non-hydrogen) atoms. The summed E-state index contributed by atoms with van der Waals surface area (Å²) in [6.45, 7) is 0.451. The molecule has 1 fully saturated rings. The van der Waals surface area contributed by atoms with Crippen molar-refractivity contribution in [3.8, 4) is 0 Å². The smallest absolute Gasteiger partial charge is 0.316 e. The zero-order chi connectivity index (χ0) is 13.6. The van der Waals surface area contributed by atoms with Crippen molar-refractivity contribution >= 4 is 11.9 Å². The van der Waals surface area contributed by atoms with Crippen molar-refractivity contribution in [2.45, 2.75) is 51.1 Å². The average Bonchev–Trinajstić information content (AvgIpc) is 2.28. The van der Waals surface area contributed by atoms with Gasteiger partial charge in [-0.15, -0.1) is 0 Å². The summed E-state index contributed by atoms with van der Waals surface area (Å²) in [5, 5.41) is 0. The molecule has 0 atom stereocenters. The molecule has 6 nitrogen and oxygen atoms in total. The summed E-state index contributed by atoms with van der Waals surface area (Å²) in [5.74, 6) is -1.19. The zero-order valence-corrected chi connectivity index (χ0v) is 10.7. The number of nitrogens with two attached hydrogens (primary N) is 3. The van der Waals surface area contributed by atoms with Crippen molar-refractivity contribution in [1.82, 2.24) is 0 Å². The summed E-state index contributed by atoms with van der Waals surface area (Å²) < 4.78 is 4.70. The van der Waals surface area contributed by atoms with Crippen LogP contribution in [0.5, 0.6) is 0 Å². The molecule has 0 aromatic heterocycles. The van der Waals surface area contributed by atoms with E-state index in [1.54, 1.807) is 0 Å². The van der Waals surface area contributed by atoms with Gasteiger partial charge in [-0.25, -0.2) is 0 Å². The Morgan fingerprint density at radius 1 is 1.11 bits per heavy atom. The third-order valence-corrected chi connectivity index (χ3v) is 3.50. The first-order chi connectivity index (χ1) is 8.47. The van der Waals surface area contributed by atoms with E-state index in [0.717, 1.165) is 25.7 Å². The fourth-order valence-corrected chi connectivity index (χ4v) is 2.46. The second-order valence-corrected chi connectivity index (χ2v) is 5.16. The van der Waals surface area contributed by atoms with E-state index in [1.807, 2.05) is 0 Å². The fourth-order valence-electron chi connectivity index (χ4n) is 2.46. The Balaban J connectivity index is 2.44. The van der Waals surface area contributed by atoms with Crippen molar-refractivity contribution in [3.63, 3.8) is 0 Å². The number of esters is 2. The molecule has 0 radical (unpaired) electrons. The maximum absolute atomic E-state index is 11.7. The Morgan fingerprint density at radius 2 is 1.72 bits per heavy atom. The highest BCUT2D eigenvalue weighted by atomic mass is 16.6. The van der Waals surface area contributed by atoms with Crippen molar-refractivity contribution in [2.75, 3.05) is 6.54 Å². The summed E-state index contributed by atoms with van der Waals surface area (Å²) in [6, 6.07) is 0. The third kappa shape index (κ3) is 4.72. The topological polar surface area (TPSA) is 121 Å². The van der Waals surface area contributed by atoms with Gasteiger partial charge in [0, 0.05) is 0 Å². The minimum Gasteiger partial charge on any atom is -0.393 e. The molecule has 0 aromatic rings. The monoisotopic (exact) mass is 257 g/mol. The Kier molecular flexibility index (Phi) is 5.71. The Labute approximate surface area is 107 Å². The van der Waals surface area contributed by atoms with E-state index in [9.17, 15) is 9.59 Å². The van der Waals surface area contributed by atoms with Gasteiger partial charge < -0.3 is 21.9 Å². The number of hydrogen-bond donors (Lipinski definition) is 3. The van der Waals surface area contributed by atoms with Gasteiger partial charge in [-0.05, 0) is 24.8 Å². The van der Waals surface area contributed by atoms with E-state index < -0.39 is 18.1 Å². The largest absolute Gasteiger partial charge is 0.393 e. The zero-order valence-electron chi connectivity index (χ0n) is 10.7. The summed E-state index contributed by atoms with van der Waals surface area (Å²) >= 11 is 0. The van der Waals surface area contributed by atoms with E-state index in [2.05, 4.69) is 0 Å². The maximum Gasteiger partial charge on any atom is 0.316 e. The Bertz CT molecular complexity index is 299. The fraction of sp³-hybridized carbons (Fsp3) is 0.833. The molecule has 0 aromatic carbocycles. The lowest BCUT2D eigenvalue weighted by atomic mass is 9.72. The lowest BCUT2D eigenvalue weighted by Gasteiger charge is -2.35. The standard InChI is InChI=1S/C12H23N3O3/c13-8-12(4-2-1-3-5-12)7-11(17)18-10(16)6-9(14)15/h9H,1-8,13-15H2. The average molecular weight is 257 g/mol. The molecular weight excluding hydrogens is 234 g/mol. The predicted molar refractivity (Wildman–Crippen MR) is 67.1 cm³/mol. The molecule has 0 aliphatic heterocycles. The van der Waals surface area contributed by atoms with Crippen LogP contribution in [0.25, 0.3) is 0 Å². The molecule has 0 amide bonds. The normalized spacial score (nSPS) is 18.7. The number of ether oxygens (including phenoxy) is 1. The molecule has 1 aliphatic rings. The van der Waals surface area contributed by atoms with Gasteiger partial charge in [0.05, 0.1) is 19.0 Å². The van der Waals surface area contributed by atoms with Gasteiger partial charge in [0.15, 0.2) is 0 Å². The summed E-state index contributed by atoms with van der Waals surface area (Å²) in [4.78, 5) is 23.0. The van der Waals surface area contributed by atoms with Crippen LogP contribution in [-0.2, 0) is 14.3 Å². The molecule has 0 unspecified atom stereocenters. The van der Waals surface area contributed by atoms with Crippen LogP contribution in [0.2, 0.25) is 0 Å². The molecule has 6 heteroatoms. The minimum atomic E-state index is -0.788. The first-order valence-electron chi connectivity index (χ1n) is 6.42. The van der Waals surface area contributed by atoms with Gasteiger partial charge in [-0.1, -0.05) is 19.3 Å². The quantitative estimate of drug-likeness (QED) is 0.362. The molecule has 1 rings (SSSR count). The number of hydrogen-bond acceptors (Lipinski definition) is 6. The van der Waals surface area contributed by atoms with Crippen LogP contribution < -0.4 is 17.2 Å². The molecular formula is C12H23N3O3. The molecule has 1 aliphatic carbocycles. The highest BCUT2D eigenvalue weighted by Crippen LogP contribution is 2.38. The summed E-state index contributed by atoms with van der Waals surface area (Å²) in [7, 11) is 0.